The number of halogens is 2. The molecule has 0 unspecified atom stereocenters. The van der Waals surface area contributed by atoms with Crippen LogP contribution in [0, 0.1) is 32.4 Å². The average Bonchev–Trinajstić information content (AvgIpc) is 2.61. The number of benzene rings is 2. The van der Waals surface area contributed by atoms with Crippen LogP contribution in [0.1, 0.15) is 27.3 Å². The standard InChI is InChI=1S/C20H18F2N4O/c1-11-4-5-12(2)17(8-11)25-19(27)18-9-13(3)23-20(26-18)24-14-6-7-15(21)16(22)10-14/h4-10H,1-3H3,(H,25,27)(H,23,24,26). The molecule has 3 aromatic rings. The molecular formula is C20H18F2N4O. The largest absolute Gasteiger partial charge is 0.324 e. The lowest BCUT2D eigenvalue weighted by molar-refractivity contribution is 0.102. The number of amides is 1. The van der Waals surface area contributed by atoms with Gasteiger partial charge in [0, 0.05) is 23.1 Å². The van der Waals surface area contributed by atoms with Gasteiger partial charge in [0.15, 0.2) is 11.6 Å². The summed E-state index contributed by atoms with van der Waals surface area (Å²) < 4.78 is 26.4. The van der Waals surface area contributed by atoms with Gasteiger partial charge in [0.1, 0.15) is 5.69 Å². The van der Waals surface area contributed by atoms with Gasteiger partial charge in [-0.25, -0.2) is 18.7 Å². The SMILES string of the molecule is Cc1ccc(C)c(NC(=O)c2cc(C)nc(Nc3ccc(F)c(F)c3)n2)c1. The highest BCUT2D eigenvalue weighted by Gasteiger charge is 2.13. The van der Waals surface area contributed by atoms with Crippen LogP contribution in [0.3, 0.4) is 0 Å². The molecule has 0 bridgehead atoms. The van der Waals surface area contributed by atoms with Crippen LogP contribution in [0.4, 0.5) is 26.1 Å². The molecule has 3 rings (SSSR count). The maximum Gasteiger partial charge on any atom is 0.274 e. The van der Waals surface area contributed by atoms with Crippen LogP contribution in [0.2, 0.25) is 0 Å². The first-order valence-electron chi connectivity index (χ1n) is 8.28. The van der Waals surface area contributed by atoms with Crippen LogP contribution in [0.25, 0.3) is 0 Å². The zero-order valence-electron chi connectivity index (χ0n) is 15.1. The summed E-state index contributed by atoms with van der Waals surface area (Å²) in [6.45, 7) is 5.55. The molecule has 138 valence electrons. The van der Waals surface area contributed by atoms with Crippen molar-refractivity contribution in [2.24, 2.45) is 0 Å². The molecule has 27 heavy (non-hydrogen) atoms. The third kappa shape index (κ3) is 4.44. The number of nitrogens with zero attached hydrogens (tertiary/aromatic N) is 2. The molecule has 0 aliphatic carbocycles. The molecule has 0 saturated carbocycles. The summed E-state index contributed by atoms with van der Waals surface area (Å²) in [6.07, 6.45) is 0. The van der Waals surface area contributed by atoms with Crippen molar-refractivity contribution in [2.75, 3.05) is 10.6 Å². The Kier molecular flexibility index (Phi) is 5.12. The lowest BCUT2D eigenvalue weighted by Crippen LogP contribution is -2.16. The van der Waals surface area contributed by atoms with E-state index in [-0.39, 0.29) is 23.2 Å². The number of aryl methyl sites for hydroxylation is 3. The Bertz CT molecular complexity index is 1020. The maximum atomic E-state index is 13.4. The Morgan fingerprint density at radius 3 is 2.44 bits per heavy atom. The third-order valence-electron chi connectivity index (χ3n) is 3.90. The number of carbonyl (C=O) groups is 1. The van der Waals surface area contributed by atoms with Crippen LogP contribution in [0.5, 0.6) is 0 Å². The zero-order chi connectivity index (χ0) is 19.6. The van der Waals surface area contributed by atoms with E-state index in [2.05, 4.69) is 20.6 Å². The predicted molar refractivity (Wildman–Crippen MR) is 100 cm³/mol. The number of hydrogen-bond acceptors (Lipinski definition) is 4. The smallest absolute Gasteiger partial charge is 0.274 e. The van der Waals surface area contributed by atoms with E-state index in [0.717, 1.165) is 23.3 Å². The van der Waals surface area contributed by atoms with Crippen molar-refractivity contribution >= 4 is 23.2 Å². The second-order valence-corrected chi connectivity index (χ2v) is 6.24. The summed E-state index contributed by atoms with van der Waals surface area (Å²) in [5.41, 5.74) is 3.65. The van der Waals surface area contributed by atoms with E-state index in [1.807, 2.05) is 32.0 Å². The number of carbonyl (C=O) groups excluding carboxylic acids is 1. The molecule has 2 N–H and O–H groups in total. The Hall–Kier alpha value is -3.35. The van der Waals surface area contributed by atoms with E-state index in [4.69, 9.17) is 0 Å². The van der Waals surface area contributed by atoms with Crippen LogP contribution in [-0.4, -0.2) is 15.9 Å². The number of rotatable bonds is 4. The van der Waals surface area contributed by atoms with E-state index < -0.39 is 11.6 Å². The number of anilines is 3. The summed E-state index contributed by atoms with van der Waals surface area (Å²) in [5, 5.41) is 5.62. The van der Waals surface area contributed by atoms with Crippen molar-refractivity contribution in [3.05, 3.63) is 76.6 Å². The van der Waals surface area contributed by atoms with Gasteiger partial charge < -0.3 is 10.6 Å². The number of nitrogens with one attached hydrogen (secondary N) is 2. The topological polar surface area (TPSA) is 66.9 Å². The summed E-state index contributed by atoms with van der Waals surface area (Å²) in [4.78, 5) is 21.0. The van der Waals surface area contributed by atoms with Gasteiger partial charge in [-0.1, -0.05) is 12.1 Å². The van der Waals surface area contributed by atoms with Crippen LogP contribution >= 0.6 is 0 Å². The molecule has 0 aliphatic heterocycles. The summed E-state index contributed by atoms with van der Waals surface area (Å²) in [6, 6.07) is 10.7. The molecule has 1 aromatic heterocycles. The monoisotopic (exact) mass is 368 g/mol. The van der Waals surface area contributed by atoms with E-state index in [1.54, 1.807) is 13.0 Å². The minimum absolute atomic E-state index is 0.118. The van der Waals surface area contributed by atoms with Gasteiger partial charge in [-0.3, -0.25) is 4.79 Å². The fourth-order valence-corrected chi connectivity index (χ4v) is 2.50. The van der Waals surface area contributed by atoms with Crippen LogP contribution in [0.15, 0.2) is 42.5 Å². The normalized spacial score (nSPS) is 10.6. The second kappa shape index (κ2) is 7.49. The van der Waals surface area contributed by atoms with Crippen molar-refractivity contribution in [1.29, 1.82) is 0 Å². The molecule has 7 heteroatoms. The van der Waals surface area contributed by atoms with Crippen molar-refractivity contribution < 1.29 is 13.6 Å². The van der Waals surface area contributed by atoms with Gasteiger partial charge in [-0.15, -0.1) is 0 Å². The van der Waals surface area contributed by atoms with Crippen molar-refractivity contribution in [2.45, 2.75) is 20.8 Å². The Balaban J connectivity index is 1.84. The molecule has 0 atom stereocenters. The summed E-state index contributed by atoms with van der Waals surface area (Å²) in [5.74, 6) is -2.20. The first kappa shape index (κ1) is 18.4. The Labute approximate surface area is 155 Å². The lowest BCUT2D eigenvalue weighted by atomic mass is 10.1. The van der Waals surface area contributed by atoms with Crippen LogP contribution in [-0.2, 0) is 0 Å². The molecule has 0 aliphatic rings. The van der Waals surface area contributed by atoms with Crippen molar-refractivity contribution in [3.8, 4) is 0 Å². The van der Waals surface area contributed by atoms with E-state index in [0.29, 0.717) is 11.4 Å². The Morgan fingerprint density at radius 1 is 0.926 bits per heavy atom. The molecule has 1 amide bonds. The minimum Gasteiger partial charge on any atom is -0.324 e. The quantitative estimate of drug-likeness (QED) is 0.702. The van der Waals surface area contributed by atoms with Crippen LogP contribution < -0.4 is 10.6 Å². The molecule has 0 spiro atoms. The van der Waals surface area contributed by atoms with E-state index >= 15 is 0 Å². The molecule has 0 fully saturated rings. The van der Waals surface area contributed by atoms with Gasteiger partial charge in [0.25, 0.3) is 5.91 Å². The number of hydrogen-bond donors (Lipinski definition) is 2. The first-order valence-corrected chi connectivity index (χ1v) is 8.28. The zero-order valence-corrected chi connectivity index (χ0v) is 15.1. The summed E-state index contributed by atoms with van der Waals surface area (Å²) >= 11 is 0. The Morgan fingerprint density at radius 2 is 1.70 bits per heavy atom. The van der Waals surface area contributed by atoms with E-state index in [1.165, 1.54) is 6.07 Å². The molecule has 2 aromatic carbocycles. The van der Waals surface area contributed by atoms with Gasteiger partial charge in [-0.05, 0) is 56.2 Å². The van der Waals surface area contributed by atoms with Gasteiger partial charge in [0.2, 0.25) is 5.95 Å². The first-order chi connectivity index (χ1) is 12.8. The predicted octanol–water partition coefficient (Wildman–Crippen LogP) is 4.68. The van der Waals surface area contributed by atoms with E-state index in [9.17, 15) is 13.6 Å². The maximum absolute atomic E-state index is 13.4. The molecule has 0 radical (unpaired) electrons. The van der Waals surface area contributed by atoms with Gasteiger partial charge in [0.05, 0.1) is 0 Å². The minimum atomic E-state index is -0.986. The summed E-state index contributed by atoms with van der Waals surface area (Å²) in [7, 11) is 0. The third-order valence-corrected chi connectivity index (χ3v) is 3.90. The molecular weight excluding hydrogens is 350 g/mol. The highest BCUT2D eigenvalue weighted by molar-refractivity contribution is 6.03. The molecule has 5 nitrogen and oxygen atoms in total. The molecule has 1 heterocycles. The average molecular weight is 368 g/mol. The highest BCUT2D eigenvalue weighted by atomic mass is 19.2. The van der Waals surface area contributed by atoms with Crippen molar-refractivity contribution in [3.63, 3.8) is 0 Å². The fourth-order valence-electron chi connectivity index (χ4n) is 2.50. The second-order valence-electron chi connectivity index (χ2n) is 6.24. The lowest BCUT2D eigenvalue weighted by Gasteiger charge is -2.11. The fraction of sp³-hybridized carbons (Fsp3) is 0.150. The molecule has 0 saturated heterocycles. The van der Waals surface area contributed by atoms with Gasteiger partial charge >= 0.3 is 0 Å². The highest BCUT2D eigenvalue weighted by Crippen LogP contribution is 2.19. The van der Waals surface area contributed by atoms with Crippen molar-refractivity contribution in [1.82, 2.24) is 9.97 Å². The van der Waals surface area contributed by atoms with Gasteiger partial charge in [-0.2, -0.15) is 0 Å². The number of aromatic nitrogens is 2.